The Bertz CT molecular complexity index is 1250. The van der Waals surface area contributed by atoms with Crippen molar-refractivity contribution in [2.24, 2.45) is 0 Å². The van der Waals surface area contributed by atoms with Crippen molar-refractivity contribution in [3.63, 3.8) is 0 Å². The van der Waals surface area contributed by atoms with E-state index in [0.29, 0.717) is 5.56 Å². The smallest absolute Gasteiger partial charge is 0.251 e. The molecule has 0 unspecified atom stereocenters. The molecule has 2 aromatic heterocycles. The van der Waals surface area contributed by atoms with Gasteiger partial charge in [-0.2, -0.15) is 5.10 Å². The summed E-state index contributed by atoms with van der Waals surface area (Å²) in [5.41, 5.74) is 6.23. The van der Waals surface area contributed by atoms with E-state index in [2.05, 4.69) is 20.5 Å². The number of hydrogen-bond donors (Lipinski definition) is 3. The lowest BCUT2D eigenvalue weighted by atomic mass is 9.58. The van der Waals surface area contributed by atoms with Crippen LogP contribution in [-0.4, -0.2) is 47.1 Å². The van der Waals surface area contributed by atoms with E-state index in [-0.39, 0.29) is 23.6 Å². The predicted molar refractivity (Wildman–Crippen MR) is 116 cm³/mol. The molecule has 0 bridgehead atoms. The zero-order chi connectivity index (χ0) is 21.1. The summed E-state index contributed by atoms with van der Waals surface area (Å²) in [6.07, 6.45) is 6.46. The van der Waals surface area contributed by atoms with Crippen LogP contribution in [0.4, 0.5) is 0 Å². The quantitative estimate of drug-likeness (QED) is 0.583. The molecule has 7 nitrogen and oxygen atoms in total. The van der Waals surface area contributed by atoms with E-state index in [1.165, 1.54) is 17.5 Å². The summed E-state index contributed by atoms with van der Waals surface area (Å²) < 4.78 is 23.9. The highest BCUT2D eigenvalue weighted by Gasteiger charge is 2.46. The van der Waals surface area contributed by atoms with Crippen molar-refractivity contribution in [3.05, 3.63) is 41.1 Å². The van der Waals surface area contributed by atoms with Gasteiger partial charge < -0.3 is 10.3 Å². The van der Waals surface area contributed by atoms with Crippen LogP contribution in [0.3, 0.4) is 0 Å². The monoisotopic (exact) mass is 426 g/mol. The molecule has 3 aromatic rings. The first kappa shape index (κ1) is 19.4. The van der Waals surface area contributed by atoms with Crippen LogP contribution in [0.15, 0.2) is 24.4 Å². The zero-order valence-corrected chi connectivity index (χ0v) is 18.0. The second-order valence-corrected chi connectivity index (χ2v) is 11.6. The number of fused-ring (bicyclic) bond motifs is 6. The molecule has 0 radical (unpaired) electrons. The standard InChI is InChI=1S/C22H26N4O3S/c1-13(2)30(28,29)9-8-23-21(27)14-4-5-17-16(10-14)18-20(25-17)19-15(12-24-26-19)11-22(18)6-3-7-22/h4-5,10,12-13,25H,3,6-9,11H2,1-2H3,(H,23,27)(H,24,26). The van der Waals surface area contributed by atoms with Crippen LogP contribution in [-0.2, 0) is 21.7 Å². The number of aromatic amines is 2. The largest absolute Gasteiger partial charge is 0.353 e. The number of sulfone groups is 1. The van der Waals surface area contributed by atoms with Gasteiger partial charge in [-0.1, -0.05) is 6.42 Å². The second-order valence-electron chi connectivity index (χ2n) is 8.88. The lowest BCUT2D eigenvalue weighted by Gasteiger charge is -2.45. The van der Waals surface area contributed by atoms with Crippen LogP contribution in [0, 0.1) is 0 Å². The van der Waals surface area contributed by atoms with E-state index in [9.17, 15) is 13.2 Å². The maximum absolute atomic E-state index is 12.7. The fourth-order valence-corrected chi connectivity index (χ4v) is 5.71. The van der Waals surface area contributed by atoms with Crippen LogP contribution < -0.4 is 5.32 Å². The number of nitrogens with one attached hydrogen (secondary N) is 3. The maximum Gasteiger partial charge on any atom is 0.251 e. The molecule has 1 amide bonds. The Morgan fingerprint density at radius 2 is 2.10 bits per heavy atom. The minimum Gasteiger partial charge on any atom is -0.353 e. The molecule has 0 aliphatic heterocycles. The number of aromatic nitrogens is 3. The highest BCUT2D eigenvalue weighted by Crippen LogP contribution is 2.55. The number of carbonyl (C=O) groups is 1. The Morgan fingerprint density at radius 1 is 1.30 bits per heavy atom. The summed E-state index contributed by atoms with van der Waals surface area (Å²) in [6.45, 7) is 3.42. The van der Waals surface area contributed by atoms with Gasteiger partial charge in [0.1, 0.15) is 5.69 Å². The molecule has 158 valence electrons. The first-order chi connectivity index (χ1) is 14.3. The van der Waals surface area contributed by atoms with Gasteiger partial charge in [0, 0.05) is 40.2 Å². The average Bonchev–Trinajstić information content (AvgIpc) is 3.29. The van der Waals surface area contributed by atoms with Crippen LogP contribution in [0.2, 0.25) is 0 Å². The van der Waals surface area contributed by atoms with E-state index in [0.717, 1.165) is 41.6 Å². The number of amides is 1. The molecule has 2 aliphatic carbocycles. The molecule has 30 heavy (non-hydrogen) atoms. The first-order valence-electron chi connectivity index (χ1n) is 10.5. The Kier molecular flexibility index (Phi) is 4.32. The molecule has 0 atom stereocenters. The molecule has 1 saturated carbocycles. The molecular weight excluding hydrogens is 400 g/mol. The van der Waals surface area contributed by atoms with Crippen molar-refractivity contribution in [2.75, 3.05) is 12.3 Å². The van der Waals surface area contributed by atoms with Crippen molar-refractivity contribution in [1.29, 1.82) is 0 Å². The predicted octanol–water partition coefficient (Wildman–Crippen LogP) is 3.09. The van der Waals surface area contributed by atoms with E-state index >= 15 is 0 Å². The van der Waals surface area contributed by atoms with Gasteiger partial charge in [0.2, 0.25) is 0 Å². The Labute approximate surface area is 175 Å². The third kappa shape index (κ3) is 2.88. The lowest BCUT2D eigenvalue weighted by Crippen LogP contribution is -2.38. The molecule has 3 N–H and O–H groups in total. The fraction of sp³-hybridized carbons (Fsp3) is 0.455. The molecule has 2 aliphatic rings. The summed E-state index contributed by atoms with van der Waals surface area (Å²) >= 11 is 0. The molecule has 8 heteroatoms. The lowest BCUT2D eigenvalue weighted by molar-refractivity contribution is 0.0956. The average molecular weight is 427 g/mol. The van der Waals surface area contributed by atoms with Crippen LogP contribution in [0.1, 0.15) is 54.6 Å². The van der Waals surface area contributed by atoms with Crippen molar-refractivity contribution in [2.45, 2.75) is 50.2 Å². The highest BCUT2D eigenvalue weighted by molar-refractivity contribution is 7.92. The normalized spacial score (nSPS) is 17.0. The highest BCUT2D eigenvalue weighted by atomic mass is 32.2. The maximum atomic E-state index is 12.7. The van der Waals surface area contributed by atoms with E-state index in [1.54, 1.807) is 19.9 Å². The Balaban J connectivity index is 1.47. The van der Waals surface area contributed by atoms with Crippen molar-refractivity contribution >= 4 is 26.6 Å². The van der Waals surface area contributed by atoms with Crippen molar-refractivity contribution in [3.8, 4) is 11.4 Å². The summed E-state index contributed by atoms with van der Waals surface area (Å²) in [5.74, 6) is -0.298. The van der Waals surface area contributed by atoms with E-state index in [4.69, 9.17) is 0 Å². The number of hydrogen-bond acceptors (Lipinski definition) is 4. The fourth-order valence-electron chi connectivity index (χ4n) is 4.86. The first-order valence-corrected chi connectivity index (χ1v) is 12.2. The summed E-state index contributed by atoms with van der Waals surface area (Å²) in [4.78, 5) is 16.2. The van der Waals surface area contributed by atoms with Gasteiger partial charge in [-0.05, 0) is 56.9 Å². The van der Waals surface area contributed by atoms with Crippen molar-refractivity contribution < 1.29 is 13.2 Å². The molecular formula is C22H26N4O3S. The SMILES string of the molecule is CC(C)S(=O)(=O)CCNC(=O)c1ccc2[nH]c3c(c2c1)C1(CCC1)Cc1c[nH]nc1-3. The number of carbonyl (C=O) groups excluding carboxylic acids is 1. The summed E-state index contributed by atoms with van der Waals surface area (Å²) in [5, 5.41) is 10.9. The zero-order valence-electron chi connectivity index (χ0n) is 17.2. The Morgan fingerprint density at radius 3 is 2.80 bits per heavy atom. The molecule has 2 heterocycles. The van der Waals surface area contributed by atoms with Gasteiger partial charge in [-0.15, -0.1) is 0 Å². The van der Waals surface area contributed by atoms with Gasteiger partial charge in [-0.25, -0.2) is 8.42 Å². The molecule has 1 spiro atoms. The third-order valence-corrected chi connectivity index (χ3v) is 8.99. The van der Waals surface area contributed by atoms with Crippen molar-refractivity contribution in [1.82, 2.24) is 20.5 Å². The topological polar surface area (TPSA) is 108 Å². The number of benzene rings is 1. The van der Waals surface area contributed by atoms with Gasteiger partial charge in [0.05, 0.1) is 16.7 Å². The van der Waals surface area contributed by atoms with Gasteiger partial charge in [0.15, 0.2) is 9.84 Å². The van der Waals surface area contributed by atoms with Crippen LogP contribution >= 0.6 is 0 Å². The minimum atomic E-state index is -3.18. The van der Waals surface area contributed by atoms with Gasteiger partial charge >= 0.3 is 0 Å². The number of nitrogens with zero attached hydrogens (tertiary/aromatic N) is 1. The number of H-pyrrole nitrogens is 2. The van der Waals surface area contributed by atoms with Gasteiger partial charge in [-0.3, -0.25) is 9.89 Å². The van der Waals surface area contributed by atoms with Gasteiger partial charge in [0.25, 0.3) is 5.91 Å². The second kappa shape index (κ2) is 6.70. The van der Waals surface area contributed by atoms with Crippen LogP contribution in [0.25, 0.3) is 22.3 Å². The van der Waals surface area contributed by atoms with E-state index in [1.807, 2.05) is 18.3 Å². The molecule has 1 fully saturated rings. The molecule has 5 rings (SSSR count). The molecule has 0 saturated heterocycles. The van der Waals surface area contributed by atoms with Crippen LogP contribution in [0.5, 0.6) is 0 Å². The summed E-state index contributed by atoms with van der Waals surface area (Å²) in [7, 11) is -3.18. The third-order valence-electron chi connectivity index (χ3n) is 6.78. The summed E-state index contributed by atoms with van der Waals surface area (Å²) in [6, 6.07) is 5.66. The molecule has 1 aromatic carbocycles. The number of rotatable bonds is 5. The minimum absolute atomic E-state index is 0.0523. The Hall–Kier alpha value is -2.61. The van der Waals surface area contributed by atoms with E-state index < -0.39 is 15.1 Å².